The molecule has 2 aromatic rings. The molecule has 1 aliphatic rings. The lowest BCUT2D eigenvalue weighted by Gasteiger charge is -2.35. The quantitative estimate of drug-likeness (QED) is 0.534. The zero-order valence-electron chi connectivity index (χ0n) is 15.3. The van der Waals surface area contributed by atoms with Crippen molar-refractivity contribution in [1.29, 1.82) is 5.26 Å². The van der Waals surface area contributed by atoms with E-state index in [1.54, 1.807) is 4.90 Å². The van der Waals surface area contributed by atoms with Gasteiger partial charge in [0.05, 0.1) is 27.0 Å². The summed E-state index contributed by atoms with van der Waals surface area (Å²) in [6.45, 7) is 0.0847. The maximum atomic E-state index is 12.9. The van der Waals surface area contributed by atoms with Crippen LogP contribution in [0.15, 0.2) is 47.4 Å². The van der Waals surface area contributed by atoms with Crippen molar-refractivity contribution in [1.82, 2.24) is 4.31 Å². The number of alkyl halides is 3. The van der Waals surface area contributed by atoms with Crippen LogP contribution in [0.4, 0.5) is 24.5 Å². The summed E-state index contributed by atoms with van der Waals surface area (Å²) in [7, 11) is -4.16. The van der Waals surface area contributed by atoms with E-state index in [1.165, 1.54) is 12.1 Å². The highest BCUT2D eigenvalue weighted by atomic mass is 32.2. The zero-order valence-corrected chi connectivity index (χ0v) is 16.2. The molecule has 0 aromatic heterocycles. The number of benzene rings is 2. The van der Waals surface area contributed by atoms with E-state index in [9.17, 15) is 31.7 Å². The molecule has 0 atom stereocenters. The Morgan fingerprint density at radius 2 is 1.73 bits per heavy atom. The molecule has 0 N–H and O–H groups in total. The van der Waals surface area contributed by atoms with Gasteiger partial charge >= 0.3 is 6.18 Å². The molecule has 3 rings (SSSR count). The molecular formula is C18H15F3N4O4S. The van der Waals surface area contributed by atoms with E-state index in [-0.39, 0.29) is 43.1 Å². The van der Waals surface area contributed by atoms with E-state index in [1.807, 2.05) is 6.07 Å². The lowest BCUT2D eigenvalue weighted by atomic mass is 10.1. The van der Waals surface area contributed by atoms with Crippen molar-refractivity contribution >= 4 is 21.4 Å². The summed E-state index contributed by atoms with van der Waals surface area (Å²) in [5.74, 6) is 0. The Kier molecular flexibility index (Phi) is 5.69. The topological polar surface area (TPSA) is 108 Å². The molecule has 8 nitrogen and oxygen atoms in total. The third-order valence-electron chi connectivity index (χ3n) is 4.68. The van der Waals surface area contributed by atoms with E-state index in [0.29, 0.717) is 6.07 Å². The molecule has 0 amide bonds. The van der Waals surface area contributed by atoms with Gasteiger partial charge in [-0.05, 0) is 30.3 Å². The number of halogens is 3. The molecule has 30 heavy (non-hydrogen) atoms. The van der Waals surface area contributed by atoms with Crippen LogP contribution in [0.2, 0.25) is 0 Å². The van der Waals surface area contributed by atoms with Gasteiger partial charge < -0.3 is 4.90 Å². The highest BCUT2D eigenvalue weighted by Gasteiger charge is 2.34. The fourth-order valence-corrected chi connectivity index (χ4v) is 4.63. The number of hydrogen-bond acceptors (Lipinski definition) is 6. The van der Waals surface area contributed by atoms with Crippen molar-refractivity contribution in [3.8, 4) is 6.07 Å². The second-order valence-corrected chi connectivity index (χ2v) is 8.43. The number of nitriles is 1. The number of hydrogen-bond donors (Lipinski definition) is 0. The number of nitro benzene ring substituents is 1. The maximum Gasteiger partial charge on any atom is 0.416 e. The standard InChI is InChI=1S/C18H15F3N4O4S/c19-18(20,21)14-2-1-3-15(11-14)30(28,29)24-8-6-23(7-9-24)16-5-4-13(12-22)10-17(16)25(26)27/h1-5,10-11H,6-9H2. The van der Waals surface area contributed by atoms with Crippen molar-refractivity contribution in [3.63, 3.8) is 0 Å². The van der Waals surface area contributed by atoms with Crippen molar-refractivity contribution in [3.05, 3.63) is 63.7 Å². The van der Waals surface area contributed by atoms with Crippen LogP contribution in [0, 0.1) is 21.4 Å². The van der Waals surface area contributed by atoms with Gasteiger partial charge in [-0.1, -0.05) is 6.07 Å². The molecule has 158 valence electrons. The third-order valence-corrected chi connectivity index (χ3v) is 6.57. The Morgan fingerprint density at radius 1 is 1.07 bits per heavy atom. The Morgan fingerprint density at radius 3 is 2.30 bits per heavy atom. The number of piperazine rings is 1. The van der Waals surface area contributed by atoms with Gasteiger partial charge in [0.1, 0.15) is 5.69 Å². The smallest absolute Gasteiger partial charge is 0.363 e. The normalized spacial score (nSPS) is 15.6. The van der Waals surface area contributed by atoms with Gasteiger partial charge in [0.2, 0.25) is 10.0 Å². The fourth-order valence-electron chi connectivity index (χ4n) is 3.16. The van der Waals surface area contributed by atoms with E-state index >= 15 is 0 Å². The van der Waals surface area contributed by atoms with Gasteiger partial charge in [-0.25, -0.2) is 8.42 Å². The molecule has 2 aromatic carbocycles. The number of anilines is 1. The van der Waals surface area contributed by atoms with Crippen LogP contribution in [0.1, 0.15) is 11.1 Å². The molecule has 0 spiro atoms. The Bertz CT molecular complexity index is 1120. The summed E-state index contributed by atoms with van der Waals surface area (Å²) < 4.78 is 65.3. The second-order valence-electron chi connectivity index (χ2n) is 6.49. The van der Waals surface area contributed by atoms with Crippen LogP contribution in [-0.4, -0.2) is 43.8 Å². The van der Waals surface area contributed by atoms with Crippen LogP contribution >= 0.6 is 0 Å². The molecule has 1 heterocycles. The minimum atomic E-state index is -4.67. The Labute approximate surface area is 169 Å². The molecule has 0 bridgehead atoms. The van der Waals surface area contributed by atoms with Crippen molar-refractivity contribution in [2.45, 2.75) is 11.1 Å². The monoisotopic (exact) mass is 440 g/mol. The Balaban J connectivity index is 1.81. The predicted molar refractivity (Wildman–Crippen MR) is 100 cm³/mol. The van der Waals surface area contributed by atoms with Crippen molar-refractivity contribution in [2.24, 2.45) is 0 Å². The summed E-state index contributed by atoms with van der Waals surface area (Å²) in [5.41, 5.74) is -0.968. The number of nitro groups is 1. The molecular weight excluding hydrogens is 425 g/mol. The first-order valence-corrected chi connectivity index (χ1v) is 10.1. The van der Waals surface area contributed by atoms with Crippen LogP contribution in [0.25, 0.3) is 0 Å². The predicted octanol–water partition coefficient (Wildman–Crippen LogP) is 3.00. The number of nitrogens with zero attached hydrogens (tertiary/aromatic N) is 4. The van der Waals surface area contributed by atoms with Gasteiger partial charge in [0, 0.05) is 32.2 Å². The van der Waals surface area contributed by atoms with E-state index in [4.69, 9.17) is 5.26 Å². The first kappa shape index (κ1) is 21.5. The van der Waals surface area contributed by atoms with Gasteiger partial charge in [0.15, 0.2) is 0 Å². The molecule has 0 aliphatic carbocycles. The van der Waals surface area contributed by atoms with E-state index in [0.717, 1.165) is 28.6 Å². The highest BCUT2D eigenvalue weighted by Crippen LogP contribution is 2.33. The van der Waals surface area contributed by atoms with Crippen LogP contribution in [0.5, 0.6) is 0 Å². The van der Waals surface area contributed by atoms with Crippen LogP contribution in [0.3, 0.4) is 0 Å². The third kappa shape index (κ3) is 4.22. The molecule has 1 saturated heterocycles. The van der Waals surface area contributed by atoms with Crippen molar-refractivity contribution in [2.75, 3.05) is 31.1 Å². The zero-order chi connectivity index (χ0) is 22.1. The molecule has 12 heteroatoms. The summed E-state index contributed by atoms with van der Waals surface area (Å²) in [5, 5.41) is 20.2. The second kappa shape index (κ2) is 7.92. The number of sulfonamides is 1. The SMILES string of the molecule is N#Cc1ccc(N2CCN(S(=O)(=O)c3cccc(C(F)(F)F)c3)CC2)c([N+](=O)[O-])c1. The fraction of sp³-hybridized carbons (Fsp3) is 0.278. The Hall–Kier alpha value is -3.17. The average Bonchev–Trinajstić information content (AvgIpc) is 2.73. The summed E-state index contributed by atoms with van der Waals surface area (Å²) in [6.07, 6.45) is -4.67. The number of rotatable bonds is 4. The molecule has 1 aliphatic heterocycles. The first-order valence-electron chi connectivity index (χ1n) is 8.65. The average molecular weight is 440 g/mol. The van der Waals surface area contributed by atoms with Gasteiger partial charge in [-0.15, -0.1) is 0 Å². The maximum absolute atomic E-state index is 12.9. The lowest BCUT2D eigenvalue weighted by Crippen LogP contribution is -2.48. The minimum Gasteiger partial charge on any atom is -0.363 e. The van der Waals surface area contributed by atoms with Crippen LogP contribution in [-0.2, 0) is 16.2 Å². The lowest BCUT2D eigenvalue weighted by molar-refractivity contribution is -0.384. The first-order chi connectivity index (χ1) is 14.0. The molecule has 0 unspecified atom stereocenters. The largest absolute Gasteiger partial charge is 0.416 e. The molecule has 0 radical (unpaired) electrons. The molecule has 1 fully saturated rings. The molecule has 0 saturated carbocycles. The van der Waals surface area contributed by atoms with Gasteiger partial charge in [-0.3, -0.25) is 10.1 Å². The van der Waals surface area contributed by atoms with Gasteiger partial charge in [0.25, 0.3) is 5.69 Å². The van der Waals surface area contributed by atoms with E-state index < -0.39 is 31.6 Å². The highest BCUT2D eigenvalue weighted by molar-refractivity contribution is 7.89. The van der Waals surface area contributed by atoms with Crippen molar-refractivity contribution < 1.29 is 26.5 Å². The van der Waals surface area contributed by atoms with E-state index in [2.05, 4.69) is 0 Å². The summed E-state index contributed by atoms with van der Waals surface area (Å²) in [6, 6.07) is 9.33. The van der Waals surface area contributed by atoms with Gasteiger partial charge in [-0.2, -0.15) is 22.7 Å². The van der Waals surface area contributed by atoms with Crippen LogP contribution < -0.4 is 4.90 Å². The summed E-state index contributed by atoms with van der Waals surface area (Å²) >= 11 is 0. The summed E-state index contributed by atoms with van der Waals surface area (Å²) in [4.78, 5) is 11.8. The minimum absolute atomic E-state index is 0.0598.